The Bertz CT molecular complexity index is 465. The standard InChI is InChI=1S/C11H9FOS2/c12-10-5-2-1-4-9(10)8-15(13)11-6-3-7-14-11/h1-7H,8H2. The van der Waals surface area contributed by atoms with Gasteiger partial charge in [-0.15, -0.1) is 11.3 Å². The van der Waals surface area contributed by atoms with Crippen LogP contribution in [0.25, 0.3) is 0 Å². The van der Waals surface area contributed by atoms with Crippen molar-refractivity contribution < 1.29 is 8.60 Å². The molecule has 2 aromatic rings. The molecule has 1 heterocycles. The van der Waals surface area contributed by atoms with E-state index >= 15 is 0 Å². The zero-order valence-electron chi connectivity index (χ0n) is 7.85. The monoisotopic (exact) mass is 240 g/mol. The second kappa shape index (κ2) is 4.68. The van der Waals surface area contributed by atoms with Gasteiger partial charge >= 0.3 is 0 Å². The van der Waals surface area contributed by atoms with Crippen LogP contribution in [-0.4, -0.2) is 4.21 Å². The molecule has 0 spiro atoms. The van der Waals surface area contributed by atoms with E-state index in [1.807, 2.05) is 17.5 Å². The maximum atomic E-state index is 13.3. The molecule has 15 heavy (non-hydrogen) atoms. The van der Waals surface area contributed by atoms with Crippen molar-refractivity contribution in [1.82, 2.24) is 0 Å². The summed E-state index contributed by atoms with van der Waals surface area (Å²) >= 11 is 1.43. The Kier molecular flexibility index (Phi) is 3.28. The van der Waals surface area contributed by atoms with E-state index in [1.54, 1.807) is 18.2 Å². The lowest BCUT2D eigenvalue weighted by Crippen LogP contribution is -1.96. The second-order valence-corrected chi connectivity index (χ2v) is 5.64. The van der Waals surface area contributed by atoms with Gasteiger partial charge in [-0.1, -0.05) is 24.3 Å². The van der Waals surface area contributed by atoms with Crippen LogP contribution in [-0.2, 0) is 16.6 Å². The van der Waals surface area contributed by atoms with Gasteiger partial charge in [0.2, 0.25) is 0 Å². The van der Waals surface area contributed by atoms with Crippen molar-refractivity contribution in [2.24, 2.45) is 0 Å². The van der Waals surface area contributed by atoms with Crippen molar-refractivity contribution in [3.05, 3.63) is 53.2 Å². The molecule has 2 rings (SSSR count). The minimum atomic E-state index is -1.14. The summed E-state index contributed by atoms with van der Waals surface area (Å²) < 4.78 is 25.8. The van der Waals surface area contributed by atoms with Crippen molar-refractivity contribution in [3.8, 4) is 0 Å². The summed E-state index contributed by atoms with van der Waals surface area (Å²) in [5.74, 6) is -0.0462. The van der Waals surface area contributed by atoms with Gasteiger partial charge in [0.15, 0.2) is 0 Å². The minimum Gasteiger partial charge on any atom is -0.253 e. The molecule has 0 radical (unpaired) electrons. The molecule has 1 nitrogen and oxygen atoms in total. The maximum Gasteiger partial charge on any atom is 0.127 e. The molecule has 0 bridgehead atoms. The quantitative estimate of drug-likeness (QED) is 0.805. The molecule has 1 atom stereocenters. The number of benzene rings is 1. The highest BCUT2D eigenvalue weighted by Gasteiger charge is 2.08. The zero-order chi connectivity index (χ0) is 10.7. The first-order chi connectivity index (χ1) is 7.27. The lowest BCUT2D eigenvalue weighted by Gasteiger charge is -2.01. The Hall–Kier alpha value is -1.000. The van der Waals surface area contributed by atoms with Crippen molar-refractivity contribution in [2.75, 3.05) is 0 Å². The van der Waals surface area contributed by atoms with Crippen LogP contribution in [0, 0.1) is 5.82 Å². The van der Waals surface area contributed by atoms with Gasteiger partial charge in [0.05, 0.1) is 20.8 Å². The Balaban J connectivity index is 2.17. The third kappa shape index (κ3) is 2.52. The van der Waals surface area contributed by atoms with E-state index in [4.69, 9.17) is 0 Å². The summed E-state index contributed by atoms with van der Waals surface area (Å²) in [6.07, 6.45) is 0. The molecule has 0 fully saturated rings. The van der Waals surface area contributed by atoms with Gasteiger partial charge in [0, 0.05) is 5.56 Å². The van der Waals surface area contributed by atoms with E-state index in [2.05, 4.69) is 0 Å². The van der Waals surface area contributed by atoms with Crippen molar-refractivity contribution >= 4 is 22.1 Å². The molecule has 1 aromatic heterocycles. The van der Waals surface area contributed by atoms with E-state index in [0.29, 0.717) is 5.56 Å². The number of hydrogen-bond donors (Lipinski definition) is 0. The first-order valence-electron chi connectivity index (χ1n) is 4.42. The third-order valence-electron chi connectivity index (χ3n) is 1.96. The van der Waals surface area contributed by atoms with E-state index in [1.165, 1.54) is 17.4 Å². The molecule has 0 aliphatic carbocycles. The van der Waals surface area contributed by atoms with E-state index in [9.17, 15) is 8.60 Å². The summed E-state index contributed by atoms with van der Waals surface area (Å²) in [5.41, 5.74) is 0.504. The van der Waals surface area contributed by atoms with Crippen LogP contribution < -0.4 is 0 Å². The lowest BCUT2D eigenvalue weighted by molar-refractivity contribution is 0.615. The van der Waals surface area contributed by atoms with Gasteiger partial charge in [0.1, 0.15) is 5.82 Å². The van der Waals surface area contributed by atoms with Crippen molar-refractivity contribution in [2.45, 2.75) is 9.96 Å². The lowest BCUT2D eigenvalue weighted by atomic mass is 10.2. The fourth-order valence-corrected chi connectivity index (χ4v) is 3.33. The molecule has 1 aromatic carbocycles. The van der Waals surface area contributed by atoms with E-state index in [0.717, 1.165) is 4.21 Å². The predicted molar refractivity (Wildman–Crippen MR) is 60.8 cm³/mol. The fourth-order valence-electron chi connectivity index (χ4n) is 1.22. The van der Waals surface area contributed by atoms with Crippen LogP contribution in [0.15, 0.2) is 46.0 Å². The highest BCUT2D eigenvalue weighted by molar-refractivity contribution is 7.86. The Morgan fingerprint density at radius 3 is 2.67 bits per heavy atom. The van der Waals surface area contributed by atoms with Gasteiger partial charge in [-0.2, -0.15) is 0 Å². The van der Waals surface area contributed by atoms with Crippen LogP contribution >= 0.6 is 11.3 Å². The van der Waals surface area contributed by atoms with Gasteiger partial charge < -0.3 is 0 Å². The molecular formula is C11H9FOS2. The summed E-state index contributed by atoms with van der Waals surface area (Å²) in [6.45, 7) is 0. The van der Waals surface area contributed by atoms with E-state index in [-0.39, 0.29) is 11.6 Å². The normalized spacial score (nSPS) is 12.6. The topological polar surface area (TPSA) is 17.1 Å². The number of hydrogen-bond acceptors (Lipinski definition) is 2. The predicted octanol–water partition coefficient (Wildman–Crippen LogP) is 3.20. The average Bonchev–Trinajstić information content (AvgIpc) is 2.74. The molecular weight excluding hydrogens is 231 g/mol. The van der Waals surface area contributed by atoms with Crippen LogP contribution in [0.4, 0.5) is 4.39 Å². The summed E-state index contributed by atoms with van der Waals surface area (Å²) in [5, 5.41) is 1.87. The van der Waals surface area contributed by atoms with E-state index < -0.39 is 10.8 Å². The van der Waals surface area contributed by atoms with Crippen molar-refractivity contribution in [3.63, 3.8) is 0 Å². The second-order valence-electron chi connectivity index (χ2n) is 3.01. The van der Waals surface area contributed by atoms with Gasteiger partial charge in [-0.3, -0.25) is 4.21 Å². The van der Waals surface area contributed by atoms with Crippen LogP contribution in [0.3, 0.4) is 0 Å². The molecule has 0 saturated carbocycles. The van der Waals surface area contributed by atoms with Gasteiger partial charge in [-0.05, 0) is 17.5 Å². The molecule has 0 N–H and O–H groups in total. The molecule has 0 saturated heterocycles. The zero-order valence-corrected chi connectivity index (χ0v) is 9.48. The van der Waals surface area contributed by atoms with Gasteiger partial charge in [0.25, 0.3) is 0 Å². The smallest absolute Gasteiger partial charge is 0.127 e. The highest BCUT2D eigenvalue weighted by atomic mass is 32.2. The summed E-state index contributed by atoms with van der Waals surface area (Å²) in [6, 6.07) is 10.1. The van der Waals surface area contributed by atoms with Crippen LogP contribution in [0.2, 0.25) is 0 Å². The number of rotatable bonds is 3. The van der Waals surface area contributed by atoms with Crippen LogP contribution in [0.1, 0.15) is 5.56 Å². The Morgan fingerprint density at radius 2 is 2.00 bits per heavy atom. The SMILES string of the molecule is O=S(Cc1ccccc1F)c1cccs1. The van der Waals surface area contributed by atoms with Gasteiger partial charge in [-0.25, -0.2) is 4.39 Å². The average molecular weight is 240 g/mol. The third-order valence-corrected chi connectivity index (χ3v) is 4.63. The molecule has 0 aliphatic heterocycles. The minimum absolute atomic E-state index is 0.243. The molecule has 0 amide bonds. The Labute approximate surface area is 94.0 Å². The first kappa shape index (κ1) is 10.5. The van der Waals surface area contributed by atoms with Crippen molar-refractivity contribution in [1.29, 1.82) is 0 Å². The molecule has 1 unspecified atom stereocenters. The molecule has 4 heteroatoms. The van der Waals surface area contributed by atoms with Crippen LogP contribution in [0.5, 0.6) is 0 Å². The summed E-state index contributed by atoms with van der Waals surface area (Å²) in [7, 11) is -1.14. The molecule has 0 aliphatic rings. The summed E-state index contributed by atoms with van der Waals surface area (Å²) in [4.78, 5) is 0. The molecule has 78 valence electrons. The number of thiophene rings is 1. The maximum absolute atomic E-state index is 13.3. The highest BCUT2D eigenvalue weighted by Crippen LogP contribution is 2.18. The first-order valence-corrected chi connectivity index (χ1v) is 6.62. The largest absolute Gasteiger partial charge is 0.253 e. The fraction of sp³-hybridized carbons (Fsp3) is 0.0909. The Morgan fingerprint density at radius 1 is 1.20 bits per heavy atom. The number of halogens is 1.